The number of anilines is 2. The molecule has 0 bridgehead atoms. The Labute approximate surface area is 201 Å². The number of fused-ring (bicyclic) bond motifs is 3. The number of ketones is 1. The Balaban J connectivity index is 1.52. The third kappa shape index (κ3) is 4.00. The fourth-order valence-electron chi connectivity index (χ4n) is 3.98. The number of amides is 1. The Morgan fingerprint density at radius 2 is 1.71 bits per heavy atom. The first-order valence-corrected chi connectivity index (χ1v) is 11.0. The number of nitrogens with one attached hydrogen (secondary N) is 2. The molecule has 4 aromatic rings. The van der Waals surface area contributed by atoms with E-state index in [4.69, 9.17) is 16.3 Å². The molecule has 1 aliphatic rings. The maximum absolute atomic E-state index is 13.2. The molecule has 2 N–H and O–H groups in total. The zero-order chi connectivity index (χ0) is 23.7. The van der Waals surface area contributed by atoms with E-state index >= 15 is 0 Å². The number of halogens is 1. The number of pyridine rings is 1. The number of carbonyl (C=O) groups is 2. The minimum atomic E-state index is -0.360. The van der Waals surface area contributed by atoms with E-state index in [1.807, 2.05) is 42.5 Å². The summed E-state index contributed by atoms with van der Waals surface area (Å²) >= 11 is 6.26. The molecule has 0 fully saturated rings. The van der Waals surface area contributed by atoms with Crippen LogP contribution >= 0.6 is 11.6 Å². The van der Waals surface area contributed by atoms with Crippen molar-refractivity contribution >= 4 is 34.7 Å². The minimum Gasteiger partial charge on any atom is -0.495 e. The van der Waals surface area contributed by atoms with E-state index in [9.17, 15) is 9.59 Å². The van der Waals surface area contributed by atoms with Crippen LogP contribution in [0.3, 0.4) is 0 Å². The molecule has 34 heavy (non-hydrogen) atoms. The van der Waals surface area contributed by atoms with Crippen LogP contribution in [0.5, 0.6) is 5.75 Å². The average Bonchev–Trinajstić information content (AvgIpc) is 3.15. The van der Waals surface area contributed by atoms with Crippen LogP contribution < -0.4 is 15.4 Å². The fourth-order valence-corrected chi connectivity index (χ4v) is 4.26. The van der Waals surface area contributed by atoms with Crippen molar-refractivity contribution in [2.75, 3.05) is 17.7 Å². The SMILES string of the molecule is COc1ccc(CNc2cc(C(=O)Nc3ccccc3)nc3c2C(=O)c2ccccc2-3)cc1Cl. The monoisotopic (exact) mass is 469 g/mol. The van der Waals surface area contributed by atoms with Crippen molar-refractivity contribution in [2.45, 2.75) is 6.54 Å². The molecule has 5 rings (SSSR count). The van der Waals surface area contributed by atoms with Crippen molar-refractivity contribution in [3.05, 3.63) is 106 Å². The predicted octanol–water partition coefficient (Wildman–Crippen LogP) is 5.82. The maximum atomic E-state index is 13.2. The van der Waals surface area contributed by atoms with E-state index in [1.165, 1.54) is 0 Å². The molecule has 0 saturated carbocycles. The van der Waals surface area contributed by atoms with Gasteiger partial charge in [0, 0.05) is 23.4 Å². The summed E-state index contributed by atoms with van der Waals surface area (Å²) in [6, 6.07) is 23.5. The summed E-state index contributed by atoms with van der Waals surface area (Å²) in [5.41, 5.74) is 4.55. The van der Waals surface area contributed by atoms with Gasteiger partial charge in [-0.1, -0.05) is 60.1 Å². The highest BCUT2D eigenvalue weighted by atomic mass is 35.5. The number of para-hydroxylation sites is 1. The third-order valence-corrected chi connectivity index (χ3v) is 5.93. The molecule has 3 aromatic carbocycles. The molecular formula is C27H20ClN3O3. The number of ether oxygens (including phenoxy) is 1. The molecule has 0 saturated heterocycles. The lowest BCUT2D eigenvalue weighted by Crippen LogP contribution is -2.16. The van der Waals surface area contributed by atoms with Gasteiger partial charge in [0.2, 0.25) is 0 Å². The van der Waals surface area contributed by atoms with E-state index in [1.54, 1.807) is 43.5 Å². The summed E-state index contributed by atoms with van der Waals surface area (Å²) in [5.74, 6) is 0.102. The summed E-state index contributed by atoms with van der Waals surface area (Å²) in [6.07, 6.45) is 0. The van der Waals surface area contributed by atoms with Gasteiger partial charge < -0.3 is 15.4 Å². The predicted molar refractivity (Wildman–Crippen MR) is 133 cm³/mol. The Kier molecular flexibility index (Phi) is 5.74. The van der Waals surface area contributed by atoms with Gasteiger partial charge in [-0.05, 0) is 35.9 Å². The van der Waals surface area contributed by atoms with Crippen LogP contribution in [0, 0.1) is 0 Å². The highest BCUT2D eigenvalue weighted by molar-refractivity contribution is 6.32. The minimum absolute atomic E-state index is 0.122. The average molecular weight is 470 g/mol. The van der Waals surface area contributed by atoms with Gasteiger partial charge in [-0.3, -0.25) is 9.59 Å². The van der Waals surface area contributed by atoms with Crippen LogP contribution in [0.4, 0.5) is 11.4 Å². The van der Waals surface area contributed by atoms with Gasteiger partial charge in [-0.15, -0.1) is 0 Å². The lowest BCUT2D eigenvalue weighted by molar-refractivity contribution is 0.101. The maximum Gasteiger partial charge on any atom is 0.274 e. The smallest absolute Gasteiger partial charge is 0.274 e. The van der Waals surface area contributed by atoms with E-state index in [0.717, 1.165) is 5.56 Å². The van der Waals surface area contributed by atoms with Crippen molar-refractivity contribution < 1.29 is 14.3 Å². The van der Waals surface area contributed by atoms with Crippen LogP contribution in [0.1, 0.15) is 32.0 Å². The molecule has 1 aromatic heterocycles. The van der Waals surface area contributed by atoms with Crippen LogP contribution in [0.25, 0.3) is 11.3 Å². The first-order chi connectivity index (χ1) is 16.5. The Bertz CT molecular complexity index is 1420. The van der Waals surface area contributed by atoms with Crippen LogP contribution in [-0.4, -0.2) is 23.8 Å². The molecule has 0 aliphatic heterocycles. The second-order valence-electron chi connectivity index (χ2n) is 7.80. The lowest BCUT2D eigenvalue weighted by atomic mass is 10.1. The lowest BCUT2D eigenvalue weighted by Gasteiger charge is -2.14. The normalized spacial score (nSPS) is 11.5. The number of hydrogen-bond donors (Lipinski definition) is 2. The molecule has 0 unspecified atom stereocenters. The number of nitrogens with zero attached hydrogens (tertiary/aromatic N) is 1. The van der Waals surface area contributed by atoms with Gasteiger partial charge in [0.05, 0.1) is 29.1 Å². The molecule has 1 aliphatic carbocycles. The molecule has 7 heteroatoms. The van der Waals surface area contributed by atoms with Crippen molar-refractivity contribution in [3.63, 3.8) is 0 Å². The van der Waals surface area contributed by atoms with E-state index < -0.39 is 0 Å². The standard InChI is InChI=1S/C27H20ClN3O3/c1-34-23-12-11-16(13-20(23)28)15-29-21-14-22(27(33)30-17-7-3-2-4-8-17)31-25-18-9-5-6-10-19(18)26(32)24(21)25/h2-14H,15H2,1H3,(H,29,31)(H,30,33). The Hall–Kier alpha value is -4.16. The molecule has 168 valence electrons. The Morgan fingerprint density at radius 1 is 0.971 bits per heavy atom. The fraction of sp³-hybridized carbons (Fsp3) is 0.0741. The number of benzene rings is 3. The van der Waals surface area contributed by atoms with Crippen LogP contribution in [-0.2, 0) is 6.54 Å². The van der Waals surface area contributed by atoms with Crippen molar-refractivity contribution in [1.82, 2.24) is 4.98 Å². The first-order valence-electron chi connectivity index (χ1n) is 10.7. The van der Waals surface area contributed by atoms with Crippen molar-refractivity contribution in [3.8, 4) is 17.0 Å². The summed E-state index contributed by atoms with van der Waals surface area (Å²) in [6.45, 7) is 0.392. The van der Waals surface area contributed by atoms with Crippen LogP contribution in [0.2, 0.25) is 5.02 Å². The zero-order valence-corrected chi connectivity index (χ0v) is 19.0. The van der Waals surface area contributed by atoms with Gasteiger partial charge >= 0.3 is 0 Å². The number of hydrogen-bond acceptors (Lipinski definition) is 5. The Morgan fingerprint density at radius 3 is 2.44 bits per heavy atom. The summed E-state index contributed by atoms with van der Waals surface area (Å²) in [4.78, 5) is 30.8. The van der Waals surface area contributed by atoms with Gasteiger partial charge in [0.15, 0.2) is 5.78 Å². The van der Waals surface area contributed by atoms with Crippen LogP contribution in [0.15, 0.2) is 78.9 Å². The van der Waals surface area contributed by atoms with Gasteiger partial charge in [-0.2, -0.15) is 0 Å². The molecule has 1 amide bonds. The second kappa shape index (κ2) is 9.00. The molecular weight excluding hydrogens is 450 g/mol. The molecule has 1 heterocycles. The van der Waals surface area contributed by atoms with Crippen molar-refractivity contribution in [1.29, 1.82) is 0 Å². The molecule has 0 spiro atoms. The van der Waals surface area contributed by atoms with Gasteiger partial charge in [-0.25, -0.2) is 4.98 Å². The first kappa shape index (κ1) is 21.7. The number of rotatable bonds is 6. The quantitative estimate of drug-likeness (QED) is 0.327. The molecule has 0 radical (unpaired) electrons. The van der Waals surface area contributed by atoms with E-state index in [2.05, 4.69) is 15.6 Å². The highest BCUT2D eigenvalue weighted by Crippen LogP contribution is 2.39. The summed E-state index contributed by atoms with van der Waals surface area (Å²) in [5, 5.41) is 6.66. The topological polar surface area (TPSA) is 80.3 Å². The number of aromatic nitrogens is 1. The molecule has 6 nitrogen and oxygen atoms in total. The van der Waals surface area contributed by atoms with E-state index in [0.29, 0.717) is 51.1 Å². The number of carbonyl (C=O) groups excluding carboxylic acids is 2. The molecule has 0 atom stereocenters. The highest BCUT2D eigenvalue weighted by Gasteiger charge is 2.32. The summed E-state index contributed by atoms with van der Waals surface area (Å²) in [7, 11) is 1.56. The van der Waals surface area contributed by atoms with Gasteiger partial charge in [0.25, 0.3) is 5.91 Å². The van der Waals surface area contributed by atoms with Gasteiger partial charge in [0.1, 0.15) is 11.4 Å². The third-order valence-electron chi connectivity index (χ3n) is 5.64. The second-order valence-corrected chi connectivity index (χ2v) is 8.20. The van der Waals surface area contributed by atoms with E-state index in [-0.39, 0.29) is 17.4 Å². The zero-order valence-electron chi connectivity index (χ0n) is 18.3. The number of methoxy groups -OCH3 is 1. The van der Waals surface area contributed by atoms with Crippen molar-refractivity contribution in [2.24, 2.45) is 0 Å². The summed E-state index contributed by atoms with van der Waals surface area (Å²) < 4.78 is 5.21. The largest absolute Gasteiger partial charge is 0.495 e.